The van der Waals surface area contributed by atoms with Gasteiger partial charge in [0, 0.05) is 11.1 Å². The highest BCUT2D eigenvalue weighted by Gasteiger charge is 2.11. The Morgan fingerprint density at radius 3 is 1.22 bits per heavy atom. The van der Waals surface area contributed by atoms with E-state index in [2.05, 4.69) is 94.9 Å². The highest BCUT2D eigenvalue weighted by atomic mass is 16.3. The minimum Gasteiger partial charge on any atom is -0.444 e. The molecule has 2 heterocycles. The minimum atomic E-state index is 0.769. The Morgan fingerprint density at radius 1 is 0.438 bits per heavy atom. The molecule has 6 aromatic rings. The highest BCUT2D eigenvalue weighted by Crippen LogP contribution is 2.36. The molecule has 2 aromatic heterocycles. The molecule has 0 aliphatic rings. The minimum absolute atomic E-state index is 0.769. The van der Waals surface area contributed by atoms with Gasteiger partial charge in [-0.25, -0.2) is 9.97 Å². The third kappa shape index (κ3) is 3.19. The van der Waals surface area contributed by atoms with E-state index in [1.54, 1.807) is 12.4 Å². The smallest absolute Gasteiger partial charge is 0.181 e. The van der Waals surface area contributed by atoms with E-state index in [-0.39, 0.29) is 0 Å². The van der Waals surface area contributed by atoms with Crippen LogP contribution >= 0.6 is 0 Å². The van der Waals surface area contributed by atoms with Crippen LogP contribution in [0.4, 0.5) is 0 Å². The third-order valence-corrected chi connectivity index (χ3v) is 5.75. The number of fused-ring (bicyclic) bond motifs is 1. The molecule has 0 unspecified atom stereocenters. The van der Waals surface area contributed by atoms with Crippen molar-refractivity contribution in [3.63, 3.8) is 0 Å². The van der Waals surface area contributed by atoms with E-state index in [4.69, 9.17) is 8.83 Å². The van der Waals surface area contributed by atoms with Gasteiger partial charge in [0.2, 0.25) is 0 Å². The molecule has 6 rings (SSSR count). The van der Waals surface area contributed by atoms with Crippen molar-refractivity contribution >= 4 is 10.8 Å². The number of benzene rings is 4. The Morgan fingerprint density at radius 2 is 0.844 bits per heavy atom. The van der Waals surface area contributed by atoms with Gasteiger partial charge in [0.1, 0.15) is 0 Å². The molecular formula is C28H18N2O2. The summed E-state index contributed by atoms with van der Waals surface area (Å²) in [6.45, 7) is 0. The number of rotatable bonds is 4. The standard InChI is InChI=1S/C28H18N2O2/c1-2-4-26-24(20-7-11-22(12-8-20)28-16-30-18-32-28)14-13-23(25(26)3-1)19-5-9-21(10-6-19)27-15-29-17-31-27/h1-18H. The Labute approximate surface area is 184 Å². The second kappa shape index (κ2) is 7.67. The second-order valence-electron chi connectivity index (χ2n) is 7.59. The van der Waals surface area contributed by atoms with Crippen molar-refractivity contribution in [2.24, 2.45) is 0 Å². The highest BCUT2D eigenvalue weighted by molar-refractivity contribution is 6.05. The van der Waals surface area contributed by atoms with Crippen LogP contribution in [-0.4, -0.2) is 9.97 Å². The molecule has 32 heavy (non-hydrogen) atoms. The summed E-state index contributed by atoms with van der Waals surface area (Å²) in [6.07, 6.45) is 6.36. The largest absolute Gasteiger partial charge is 0.444 e. The Balaban J connectivity index is 1.41. The maximum Gasteiger partial charge on any atom is 0.181 e. The van der Waals surface area contributed by atoms with E-state index in [1.165, 1.54) is 34.7 Å². The van der Waals surface area contributed by atoms with E-state index in [1.807, 2.05) is 0 Å². The van der Waals surface area contributed by atoms with E-state index in [0.717, 1.165) is 33.8 Å². The van der Waals surface area contributed by atoms with Gasteiger partial charge in [0.15, 0.2) is 24.3 Å². The zero-order valence-corrected chi connectivity index (χ0v) is 17.1. The molecule has 0 bridgehead atoms. The molecule has 0 saturated heterocycles. The molecule has 4 aromatic carbocycles. The van der Waals surface area contributed by atoms with E-state index in [0.29, 0.717) is 0 Å². The van der Waals surface area contributed by atoms with Crippen molar-refractivity contribution < 1.29 is 8.83 Å². The van der Waals surface area contributed by atoms with Crippen LogP contribution in [0.3, 0.4) is 0 Å². The first-order valence-electron chi connectivity index (χ1n) is 10.4. The number of hydrogen-bond acceptors (Lipinski definition) is 4. The topological polar surface area (TPSA) is 52.1 Å². The molecule has 4 heteroatoms. The predicted octanol–water partition coefficient (Wildman–Crippen LogP) is 7.48. The van der Waals surface area contributed by atoms with E-state index >= 15 is 0 Å². The van der Waals surface area contributed by atoms with Crippen molar-refractivity contribution in [2.75, 3.05) is 0 Å². The van der Waals surface area contributed by atoms with Gasteiger partial charge in [-0.3, -0.25) is 0 Å². The van der Waals surface area contributed by atoms with Crippen molar-refractivity contribution in [1.29, 1.82) is 0 Å². The molecule has 0 aliphatic carbocycles. The van der Waals surface area contributed by atoms with E-state index < -0.39 is 0 Å². The lowest BCUT2D eigenvalue weighted by atomic mass is 9.91. The summed E-state index contributed by atoms with van der Waals surface area (Å²) in [5.41, 5.74) is 6.75. The van der Waals surface area contributed by atoms with Crippen molar-refractivity contribution in [3.8, 4) is 44.9 Å². The summed E-state index contributed by atoms with van der Waals surface area (Å²) >= 11 is 0. The van der Waals surface area contributed by atoms with Gasteiger partial charge in [-0.1, -0.05) is 84.9 Å². The lowest BCUT2D eigenvalue weighted by Gasteiger charge is -2.13. The van der Waals surface area contributed by atoms with Crippen LogP contribution in [0.15, 0.2) is 119 Å². The zero-order chi connectivity index (χ0) is 21.3. The van der Waals surface area contributed by atoms with Crippen molar-refractivity contribution in [3.05, 3.63) is 110 Å². The second-order valence-corrected chi connectivity index (χ2v) is 7.59. The van der Waals surface area contributed by atoms with Crippen molar-refractivity contribution in [2.45, 2.75) is 0 Å². The summed E-state index contributed by atoms with van der Waals surface area (Å²) in [5, 5.41) is 2.44. The van der Waals surface area contributed by atoms with Crippen LogP contribution in [0.5, 0.6) is 0 Å². The first-order chi connectivity index (χ1) is 15.9. The van der Waals surface area contributed by atoms with Crippen molar-refractivity contribution in [1.82, 2.24) is 9.97 Å². The summed E-state index contributed by atoms with van der Waals surface area (Å²) in [5.74, 6) is 1.54. The van der Waals surface area contributed by atoms with Crippen LogP contribution in [0.2, 0.25) is 0 Å². The number of oxazole rings is 2. The molecule has 0 aliphatic heterocycles. The van der Waals surface area contributed by atoms with Gasteiger partial charge in [-0.05, 0) is 33.0 Å². The monoisotopic (exact) mass is 414 g/mol. The normalized spacial score (nSPS) is 11.1. The lowest BCUT2D eigenvalue weighted by molar-refractivity contribution is 0.571. The SMILES string of the molecule is c1ccc2c(-c3ccc(-c4cnco4)cc3)ccc(-c3ccc(-c4cnco4)cc3)c2c1. The quantitative estimate of drug-likeness (QED) is 0.300. The maximum absolute atomic E-state index is 5.41. The average Bonchev–Trinajstić information content (AvgIpc) is 3.59. The fraction of sp³-hybridized carbons (Fsp3) is 0. The Hall–Kier alpha value is -4.44. The van der Waals surface area contributed by atoms with Gasteiger partial charge in [-0.2, -0.15) is 0 Å². The lowest BCUT2D eigenvalue weighted by Crippen LogP contribution is -1.87. The maximum atomic E-state index is 5.41. The molecule has 0 spiro atoms. The molecule has 4 nitrogen and oxygen atoms in total. The fourth-order valence-corrected chi connectivity index (χ4v) is 4.15. The molecule has 0 fully saturated rings. The third-order valence-electron chi connectivity index (χ3n) is 5.75. The van der Waals surface area contributed by atoms with Gasteiger partial charge >= 0.3 is 0 Å². The molecule has 0 N–H and O–H groups in total. The summed E-state index contributed by atoms with van der Waals surface area (Å²) in [6, 6.07) is 29.7. The summed E-state index contributed by atoms with van der Waals surface area (Å²) < 4.78 is 10.8. The number of nitrogens with zero attached hydrogens (tertiary/aromatic N) is 2. The van der Waals surface area contributed by atoms with Gasteiger partial charge in [0.25, 0.3) is 0 Å². The molecule has 0 saturated carbocycles. The first-order valence-corrected chi connectivity index (χ1v) is 10.4. The predicted molar refractivity (Wildman–Crippen MR) is 126 cm³/mol. The Kier molecular flexibility index (Phi) is 4.40. The molecule has 0 amide bonds. The Bertz CT molecular complexity index is 1370. The van der Waals surface area contributed by atoms with Gasteiger partial charge in [-0.15, -0.1) is 0 Å². The van der Waals surface area contributed by atoms with Crippen LogP contribution in [0.25, 0.3) is 55.7 Å². The molecule has 152 valence electrons. The average molecular weight is 414 g/mol. The van der Waals surface area contributed by atoms with E-state index in [9.17, 15) is 0 Å². The zero-order valence-electron chi connectivity index (χ0n) is 17.1. The van der Waals surface area contributed by atoms with Gasteiger partial charge in [0.05, 0.1) is 12.4 Å². The van der Waals surface area contributed by atoms with Gasteiger partial charge < -0.3 is 8.83 Å². The van der Waals surface area contributed by atoms with Crippen LogP contribution in [-0.2, 0) is 0 Å². The van der Waals surface area contributed by atoms with Crippen LogP contribution in [0.1, 0.15) is 0 Å². The summed E-state index contributed by atoms with van der Waals surface area (Å²) in [4.78, 5) is 8.01. The molecule has 0 radical (unpaired) electrons. The molecular weight excluding hydrogens is 396 g/mol. The first kappa shape index (κ1) is 18.3. The number of hydrogen-bond donors (Lipinski definition) is 0. The molecule has 0 atom stereocenters. The fourth-order valence-electron chi connectivity index (χ4n) is 4.15. The van der Waals surface area contributed by atoms with Crippen LogP contribution in [0, 0.1) is 0 Å². The summed E-state index contributed by atoms with van der Waals surface area (Å²) in [7, 11) is 0. The van der Waals surface area contributed by atoms with Crippen LogP contribution < -0.4 is 0 Å². The number of aromatic nitrogens is 2.